The average molecular weight is 373 g/mol. The first kappa shape index (κ1) is 18.2. The Morgan fingerprint density at radius 2 is 1.72 bits per heavy atom. The highest BCUT2D eigenvalue weighted by atomic mass is 32.2. The third-order valence-electron chi connectivity index (χ3n) is 4.64. The summed E-state index contributed by atoms with van der Waals surface area (Å²) in [5.41, 5.74) is 0. The van der Waals surface area contributed by atoms with Gasteiger partial charge in [-0.3, -0.25) is 9.69 Å². The maximum atomic E-state index is 13.8. The molecule has 0 unspecified atom stereocenters. The molecule has 25 heavy (non-hydrogen) atoms. The van der Waals surface area contributed by atoms with Crippen molar-refractivity contribution in [3.05, 3.63) is 29.8 Å². The largest absolute Gasteiger partial charge is 0.352 e. The van der Waals surface area contributed by atoms with E-state index in [-0.39, 0.29) is 31.1 Å². The Balaban J connectivity index is 1.66. The van der Waals surface area contributed by atoms with Gasteiger partial charge in [-0.15, -0.1) is 0 Å². The summed E-state index contributed by atoms with van der Waals surface area (Å²) in [4.78, 5) is 13.1. The molecule has 1 saturated carbocycles. The fourth-order valence-electron chi connectivity index (χ4n) is 2.90. The number of carbonyl (C=O) groups is 1. The topological polar surface area (TPSA) is 69.7 Å². The van der Waals surface area contributed by atoms with Crippen molar-refractivity contribution < 1.29 is 22.0 Å². The number of hydrogen-bond donors (Lipinski definition) is 1. The van der Waals surface area contributed by atoms with Crippen LogP contribution in [0.4, 0.5) is 8.78 Å². The molecule has 0 aromatic heterocycles. The Kier molecular flexibility index (Phi) is 5.08. The van der Waals surface area contributed by atoms with Crippen LogP contribution >= 0.6 is 0 Å². The minimum Gasteiger partial charge on any atom is -0.352 e. The van der Waals surface area contributed by atoms with Crippen molar-refractivity contribution in [3.63, 3.8) is 0 Å². The van der Waals surface area contributed by atoms with Gasteiger partial charge in [-0.05, 0) is 31.9 Å². The molecule has 1 saturated heterocycles. The molecule has 3 rings (SSSR count). The third-order valence-corrected chi connectivity index (χ3v) is 6.59. The molecule has 1 aliphatic carbocycles. The highest BCUT2D eigenvalue weighted by molar-refractivity contribution is 7.89. The monoisotopic (exact) mass is 373 g/mol. The Bertz CT molecular complexity index is 740. The lowest BCUT2D eigenvalue weighted by atomic mass is 10.2. The molecule has 0 radical (unpaired) electrons. The predicted molar refractivity (Wildman–Crippen MR) is 87.3 cm³/mol. The van der Waals surface area contributed by atoms with Crippen molar-refractivity contribution >= 4 is 15.9 Å². The smallest absolute Gasteiger partial charge is 0.249 e. The Labute approximate surface area is 145 Å². The number of nitrogens with zero attached hydrogens (tertiary/aromatic N) is 2. The predicted octanol–water partition coefficient (Wildman–Crippen LogP) is 0.938. The molecule has 1 N–H and O–H groups in total. The van der Waals surface area contributed by atoms with Gasteiger partial charge < -0.3 is 5.32 Å². The van der Waals surface area contributed by atoms with E-state index in [0.717, 1.165) is 35.3 Å². The van der Waals surface area contributed by atoms with E-state index in [1.165, 1.54) is 0 Å². The van der Waals surface area contributed by atoms with Crippen molar-refractivity contribution in [3.8, 4) is 0 Å². The van der Waals surface area contributed by atoms with Crippen LogP contribution in [0.3, 0.4) is 0 Å². The number of halogens is 2. The highest BCUT2D eigenvalue weighted by Gasteiger charge is 2.35. The molecule has 138 valence electrons. The van der Waals surface area contributed by atoms with Crippen LogP contribution in [0, 0.1) is 11.6 Å². The van der Waals surface area contributed by atoms with Crippen LogP contribution in [-0.2, 0) is 14.8 Å². The molecule has 1 aromatic carbocycles. The number of carbonyl (C=O) groups excluding carboxylic acids is 1. The lowest BCUT2D eigenvalue weighted by Gasteiger charge is -2.36. The summed E-state index contributed by atoms with van der Waals surface area (Å²) in [5, 5.41) is 2.92. The molecule has 6 nitrogen and oxygen atoms in total. The molecule has 1 aliphatic heterocycles. The van der Waals surface area contributed by atoms with E-state index in [2.05, 4.69) is 5.32 Å². The Hall–Kier alpha value is -1.58. The van der Waals surface area contributed by atoms with Crippen molar-refractivity contribution in [1.29, 1.82) is 0 Å². The van der Waals surface area contributed by atoms with E-state index in [1.54, 1.807) is 6.92 Å². The third kappa shape index (κ3) is 3.83. The van der Waals surface area contributed by atoms with Crippen LogP contribution in [0.1, 0.15) is 19.8 Å². The number of amides is 1. The molecule has 1 atom stereocenters. The zero-order valence-electron chi connectivity index (χ0n) is 13.9. The van der Waals surface area contributed by atoms with E-state index >= 15 is 0 Å². The first-order valence-corrected chi connectivity index (χ1v) is 9.73. The lowest BCUT2D eigenvalue weighted by molar-refractivity contribution is -0.126. The second-order valence-corrected chi connectivity index (χ2v) is 8.32. The molecule has 1 heterocycles. The van der Waals surface area contributed by atoms with Gasteiger partial charge in [-0.25, -0.2) is 17.2 Å². The van der Waals surface area contributed by atoms with Gasteiger partial charge in [-0.1, -0.05) is 6.07 Å². The Morgan fingerprint density at radius 3 is 2.24 bits per heavy atom. The van der Waals surface area contributed by atoms with Gasteiger partial charge in [0.2, 0.25) is 15.9 Å². The first-order valence-electron chi connectivity index (χ1n) is 8.29. The molecule has 0 bridgehead atoms. The molecule has 0 spiro atoms. The quantitative estimate of drug-likeness (QED) is 0.834. The Morgan fingerprint density at radius 1 is 1.16 bits per heavy atom. The normalized spacial score (nSPS) is 21.1. The zero-order valence-corrected chi connectivity index (χ0v) is 14.7. The van der Waals surface area contributed by atoms with E-state index in [9.17, 15) is 22.0 Å². The van der Waals surface area contributed by atoms with Crippen molar-refractivity contribution in [1.82, 2.24) is 14.5 Å². The summed E-state index contributed by atoms with van der Waals surface area (Å²) in [7, 11) is -4.25. The second kappa shape index (κ2) is 6.97. The molecular weight excluding hydrogens is 352 g/mol. The number of benzene rings is 1. The van der Waals surface area contributed by atoms with Gasteiger partial charge in [0.1, 0.15) is 11.6 Å². The lowest BCUT2D eigenvalue weighted by Crippen LogP contribution is -2.55. The molecule has 2 aliphatic rings. The number of nitrogens with one attached hydrogen (secondary N) is 1. The molecule has 1 amide bonds. The van der Waals surface area contributed by atoms with Gasteiger partial charge >= 0.3 is 0 Å². The number of rotatable bonds is 5. The maximum Gasteiger partial charge on any atom is 0.249 e. The van der Waals surface area contributed by atoms with Crippen LogP contribution in [-0.4, -0.2) is 61.8 Å². The average Bonchev–Trinajstić information content (AvgIpc) is 3.38. The fraction of sp³-hybridized carbons (Fsp3) is 0.562. The van der Waals surface area contributed by atoms with E-state index in [1.807, 2.05) is 4.90 Å². The van der Waals surface area contributed by atoms with Crippen LogP contribution in [0.2, 0.25) is 0 Å². The van der Waals surface area contributed by atoms with Crippen LogP contribution < -0.4 is 5.32 Å². The van der Waals surface area contributed by atoms with Crippen molar-refractivity contribution in [2.45, 2.75) is 36.7 Å². The van der Waals surface area contributed by atoms with E-state index < -0.39 is 26.6 Å². The summed E-state index contributed by atoms with van der Waals surface area (Å²) < 4.78 is 53.8. The summed E-state index contributed by atoms with van der Waals surface area (Å²) >= 11 is 0. The zero-order chi connectivity index (χ0) is 18.2. The minimum absolute atomic E-state index is 0.0704. The molecular formula is C16H21F2N3O3S. The minimum atomic E-state index is -4.25. The maximum absolute atomic E-state index is 13.8. The SMILES string of the molecule is C[C@H](C(=O)NC1CC1)N1CCN(S(=O)(=O)c2c(F)cccc2F)CC1. The summed E-state index contributed by atoms with van der Waals surface area (Å²) in [5.74, 6) is -2.27. The van der Waals surface area contributed by atoms with Crippen molar-refractivity contribution in [2.24, 2.45) is 0 Å². The molecule has 2 fully saturated rings. The van der Waals surface area contributed by atoms with Crippen LogP contribution in [0.5, 0.6) is 0 Å². The number of piperazine rings is 1. The molecule has 9 heteroatoms. The van der Waals surface area contributed by atoms with E-state index in [0.29, 0.717) is 13.1 Å². The van der Waals surface area contributed by atoms with Gasteiger partial charge in [0.05, 0.1) is 6.04 Å². The van der Waals surface area contributed by atoms with Crippen LogP contribution in [0.15, 0.2) is 23.1 Å². The standard InChI is InChI=1S/C16H21F2N3O3S/c1-11(16(22)19-12-5-6-12)20-7-9-21(10-8-20)25(23,24)15-13(17)3-2-4-14(15)18/h2-4,11-12H,5-10H2,1H3,(H,19,22)/t11-/m1/s1. The van der Waals surface area contributed by atoms with Crippen LogP contribution in [0.25, 0.3) is 0 Å². The number of sulfonamides is 1. The molecule has 1 aromatic rings. The van der Waals surface area contributed by atoms with Gasteiger partial charge in [-0.2, -0.15) is 4.31 Å². The van der Waals surface area contributed by atoms with E-state index in [4.69, 9.17) is 0 Å². The van der Waals surface area contributed by atoms with Gasteiger partial charge in [0, 0.05) is 32.2 Å². The second-order valence-electron chi connectivity index (χ2n) is 6.45. The summed E-state index contributed by atoms with van der Waals surface area (Å²) in [6, 6.07) is 2.88. The highest BCUT2D eigenvalue weighted by Crippen LogP contribution is 2.24. The fourth-order valence-corrected chi connectivity index (χ4v) is 4.44. The number of hydrogen-bond acceptors (Lipinski definition) is 4. The summed E-state index contributed by atoms with van der Waals surface area (Å²) in [6.45, 7) is 2.59. The van der Waals surface area contributed by atoms with Crippen molar-refractivity contribution in [2.75, 3.05) is 26.2 Å². The first-order chi connectivity index (χ1) is 11.8. The van der Waals surface area contributed by atoms with Gasteiger partial charge in [0.15, 0.2) is 4.90 Å². The van der Waals surface area contributed by atoms with Gasteiger partial charge in [0.25, 0.3) is 0 Å². The summed E-state index contributed by atoms with van der Waals surface area (Å²) in [6.07, 6.45) is 2.00.